The summed E-state index contributed by atoms with van der Waals surface area (Å²) in [6, 6.07) is 5.62. The Hall–Kier alpha value is -2.63. The number of carbonyl (C=O) groups is 2. The Labute approximate surface area is 134 Å². The molecule has 1 aromatic heterocycles. The average molecular weight is 316 g/mol. The molecule has 0 bridgehead atoms. The zero-order valence-electron chi connectivity index (χ0n) is 13.6. The van der Waals surface area contributed by atoms with Crippen LogP contribution in [0, 0.1) is 0 Å². The van der Waals surface area contributed by atoms with E-state index in [1.165, 1.54) is 0 Å². The lowest BCUT2D eigenvalue weighted by Crippen LogP contribution is -2.50. The fourth-order valence-corrected chi connectivity index (χ4v) is 2.23. The Bertz CT molecular complexity index is 793. The van der Waals surface area contributed by atoms with Gasteiger partial charge in [0, 0.05) is 12.1 Å². The number of benzene rings is 1. The SMILES string of the molecule is CC(C)NC(=O)N(C(=O)c1coc2ccccc2c1=O)C(C)C. The summed E-state index contributed by atoms with van der Waals surface area (Å²) in [5.74, 6) is -0.669. The number of para-hydroxylation sites is 1. The molecule has 23 heavy (non-hydrogen) atoms. The average Bonchev–Trinajstić information content (AvgIpc) is 2.46. The number of imide groups is 1. The van der Waals surface area contributed by atoms with Gasteiger partial charge in [0.2, 0.25) is 5.43 Å². The van der Waals surface area contributed by atoms with Crippen molar-refractivity contribution in [3.8, 4) is 0 Å². The van der Waals surface area contributed by atoms with Gasteiger partial charge in [0.25, 0.3) is 5.91 Å². The van der Waals surface area contributed by atoms with E-state index in [1.54, 1.807) is 52.0 Å². The fourth-order valence-electron chi connectivity index (χ4n) is 2.23. The molecule has 0 saturated carbocycles. The third-order valence-electron chi connectivity index (χ3n) is 3.28. The first kappa shape index (κ1) is 16.7. The van der Waals surface area contributed by atoms with E-state index in [4.69, 9.17) is 4.42 Å². The van der Waals surface area contributed by atoms with Crippen molar-refractivity contribution in [3.63, 3.8) is 0 Å². The minimum absolute atomic E-state index is 0.121. The van der Waals surface area contributed by atoms with Crippen molar-refractivity contribution in [2.75, 3.05) is 0 Å². The molecule has 0 spiro atoms. The predicted octanol–water partition coefficient (Wildman–Crippen LogP) is 2.76. The quantitative estimate of drug-likeness (QED) is 0.944. The van der Waals surface area contributed by atoms with Crippen LogP contribution in [0.2, 0.25) is 0 Å². The van der Waals surface area contributed by atoms with Gasteiger partial charge in [-0.2, -0.15) is 0 Å². The van der Waals surface area contributed by atoms with Gasteiger partial charge >= 0.3 is 6.03 Å². The number of nitrogens with zero attached hydrogens (tertiary/aromatic N) is 1. The smallest absolute Gasteiger partial charge is 0.324 e. The van der Waals surface area contributed by atoms with Crippen molar-refractivity contribution >= 4 is 22.9 Å². The second-order valence-electron chi connectivity index (χ2n) is 5.85. The molecule has 0 aliphatic rings. The second-order valence-corrected chi connectivity index (χ2v) is 5.85. The maximum absolute atomic E-state index is 12.7. The van der Waals surface area contributed by atoms with Crippen LogP contribution in [0.3, 0.4) is 0 Å². The van der Waals surface area contributed by atoms with Gasteiger partial charge in [0.05, 0.1) is 5.39 Å². The highest BCUT2D eigenvalue weighted by Crippen LogP contribution is 2.13. The minimum atomic E-state index is -0.669. The molecular formula is C17H20N2O4. The largest absolute Gasteiger partial charge is 0.463 e. The fraction of sp³-hybridized carbons (Fsp3) is 0.353. The third-order valence-corrected chi connectivity index (χ3v) is 3.28. The summed E-state index contributed by atoms with van der Waals surface area (Å²) in [6.45, 7) is 7.01. The van der Waals surface area contributed by atoms with Crippen LogP contribution in [-0.2, 0) is 0 Å². The molecule has 0 fully saturated rings. The summed E-state index contributed by atoms with van der Waals surface area (Å²) in [6.07, 6.45) is 1.12. The molecule has 0 radical (unpaired) electrons. The van der Waals surface area contributed by atoms with Crippen LogP contribution in [0.4, 0.5) is 4.79 Å². The van der Waals surface area contributed by atoms with Crippen LogP contribution in [0.25, 0.3) is 11.0 Å². The van der Waals surface area contributed by atoms with Gasteiger partial charge < -0.3 is 9.73 Å². The van der Waals surface area contributed by atoms with Gasteiger partial charge in [0.1, 0.15) is 17.4 Å². The van der Waals surface area contributed by atoms with E-state index in [1.807, 2.05) is 0 Å². The number of nitrogens with one attached hydrogen (secondary N) is 1. The highest BCUT2D eigenvalue weighted by atomic mass is 16.3. The number of carbonyl (C=O) groups excluding carboxylic acids is 2. The monoisotopic (exact) mass is 316 g/mol. The van der Waals surface area contributed by atoms with Crippen molar-refractivity contribution in [2.24, 2.45) is 0 Å². The molecule has 1 heterocycles. The first-order valence-corrected chi connectivity index (χ1v) is 7.47. The molecule has 0 unspecified atom stereocenters. The predicted molar refractivity (Wildman–Crippen MR) is 87.5 cm³/mol. The molecule has 0 aliphatic heterocycles. The van der Waals surface area contributed by atoms with Crippen LogP contribution in [-0.4, -0.2) is 28.9 Å². The third kappa shape index (κ3) is 3.41. The number of rotatable bonds is 3. The molecular weight excluding hydrogens is 296 g/mol. The Morgan fingerprint density at radius 2 is 1.78 bits per heavy atom. The van der Waals surface area contributed by atoms with E-state index in [0.717, 1.165) is 11.2 Å². The molecule has 6 nitrogen and oxygen atoms in total. The Kier molecular flexibility index (Phi) is 4.83. The lowest BCUT2D eigenvalue weighted by Gasteiger charge is -2.25. The van der Waals surface area contributed by atoms with E-state index in [2.05, 4.69) is 5.32 Å². The molecule has 2 rings (SSSR count). The van der Waals surface area contributed by atoms with E-state index in [-0.39, 0.29) is 11.6 Å². The summed E-state index contributed by atoms with van der Waals surface area (Å²) in [4.78, 5) is 38.5. The summed E-state index contributed by atoms with van der Waals surface area (Å²) in [5, 5.41) is 2.98. The van der Waals surface area contributed by atoms with Crippen molar-refractivity contribution in [2.45, 2.75) is 39.8 Å². The lowest BCUT2D eigenvalue weighted by atomic mass is 10.1. The maximum atomic E-state index is 12.7. The highest BCUT2D eigenvalue weighted by molar-refractivity contribution is 6.05. The number of urea groups is 1. The molecule has 1 N–H and O–H groups in total. The van der Waals surface area contributed by atoms with Crippen LogP contribution in [0.1, 0.15) is 38.1 Å². The van der Waals surface area contributed by atoms with Crippen molar-refractivity contribution in [3.05, 3.63) is 46.3 Å². The second kappa shape index (κ2) is 6.64. The molecule has 2 aromatic rings. The van der Waals surface area contributed by atoms with Crippen molar-refractivity contribution < 1.29 is 14.0 Å². The van der Waals surface area contributed by atoms with E-state index in [9.17, 15) is 14.4 Å². The Balaban J connectivity index is 2.47. The summed E-state index contributed by atoms with van der Waals surface area (Å²) >= 11 is 0. The highest BCUT2D eigenvalue weighted by Gasteiger charge is 2.28. The molecule has 0 aliphatic carbocycles. The van der Waals surface area contributed by atoms with Gasteiger partial charge in [-0.1, -0.05) is 12.1 Å². The molecule has 6 heteroatoms. The van der Waals surface area contributed by atoms with E-state index < -0.39 is 23.4 Å². The molecule has 0 atom stereocenters. The standard InChI is InChI=1S/C17H20N2O4/c1-10(2)18-17(22)19(11(3)4)16(21)13-9-23-14-8-6-5-7-12(14)15(13)20/h5-11H,1-4H3,(H,18,22). The van der Waals surface area contributed by atoms with Gasteiger partial charge in [-0.05, 0) is 39.8 Å². The Morgan fingerprint density at radius 1 is 1.13 bits per heavy atom. The zero-order chi connectivity index (χ0) is 17.1. The minimum Gasteiger partial charge on any atom is -0.463 e. The molecule has 1 aromatic carbocycles. The topological polar surface area (TPSA) is 79.6 Å². The molecule has 3 amide bonds. The number of fused-ring (bicyclic) bond motifs is 1. The number of hydrogen-bond acceptors (Lipinski definition) is 4. The van der Waals surface area contributed by atoms with Gasteiger partial charge in [-0.15, -0.1) is 0 Å². The van der Waals surface area contributed by atoms with Crippen LogP contribution in [0.15, 0.2) is 39.7 Å². The lowest BCUT2D eigenvalue weighted by molar-refractivity contribution is 0.0757. The summed E-state index contributed by atoms with van der Waals surface area (Å²) < 4.78 is 5.36. The molecule has 122 valence electrons. The Morgan fingerprint density at radius 3 is 2.39 bits per heavy atom. The molecule has 0 saturated heterocycles. The first-order chi connectivity index (χ1) is 10.8. The van der Waals surface area contributed by atoms with Gasteiger partial charge in [0.15, 0.2) is 0 Å². The number of hydrogen-bond donors (Lipinski definition) is 1. The zero-order valence-corrected chi connectivity index (χ0v) is 13.6. The van der Waals surface area contributed by atoms with Crippen LogP contribution < -0.4 is 10.7 Å². The normalized spacial score (nSPS) is 11.0. The van der Waals surface area contributed by atoms with Crippen molar-refractivity contribution in [1.29, 1.82) is 0 Å². The van der Waals surface area contributed by atoms with Gasteiger partial charge in [-0.3, -0.25) is 14.5 Å². The van der Waals surface area contributed by atoms with Gasteiger partial charge in [-0.25, -0.2) is 4.79 Å². The van der Waals surface area contributed by atoms with Crippen LogP contribution in [0.5, 0.6) is 0 Å². The number of amides is 3. The van der Waals surface area contributed by atoms with E-state index >= 15 is 0 Å². The maximum Gasteiger partial charge on any atom is 0.324 e. The van der Waals surface area contributed by atoms with Crippen molar-refractivity contribution in [1.82, 2.24) is 10.2 Å². The van der Waals surface area contributed by atoms with E-state index in [0.29, 0.717) is 11.0 Å². The van der Waals surface area contributed by atoms with Crippen LogP contribution >= 0.6 is 0 Å². The summed E-state index contributed by atoms with van der Waals surface area (Å²) in [7, 11) is 0. The first-order valence-electron chi connectivity index (χ1n) is 7.47. The summed E-state index contributed by atoms with van der Waals surface area (Å²) in [5.41, 5.74) is -0.201.